The molecule has 0 radical (unpaired) electrons. The van der Waals surface area contributed by atoms with Crippen molar-refractivity contribution in [3.05, 3.63) is 5.21 Å². The molecule has 5 heteroatoms. The van der Waals surface area contributed by atoms with E-state index < -0.39 is 11.8 Å². The Kier molecular flexibility index (Phi) is 4.09. The molecule has 5 nitrogen and oxygen atoms in total. The molecular weight excluding hydrogens is 234 g/mol. The predicted molar refractivity (Wildman–Crippen MR) is 66.6 cm³/mol. The Hall–Kier alpha value is -1.26. The van der Waals surface area contributed by atoms with E-state index in [0.717, 1.165) is 30.4 Å². The predicted octanol–water partition coefficient (Wildman–Crippen LogP) is 2.61. The van der Waals surface area contributed by atoms with E-state index in [-0.39, 0.29) is 12.6 Å². The Morgan fingerprint density at radius 3 is 2.78 bits per heavy atom. The molecule has 102 valence electrons. The molecule has 0 amide bonds. The van der Waals surface area contributed by atoms with Crippen molar-refractivity contribution in [2.24, 2.45) is 0 Å². The van der Waals surface area contributed by atoms with Crippen molar-refractivity contribution in [3.63, 3.8) is 0 Å². The quantitative estimate of drug-likeness (QED) is 0.255. The molecule has 18 heavy (non-hydrogen) atoms. The third kappa shape index (κ3) is 3.37. The number of hydroxylamine groups is 1. The molecule has 0 N–H and O–H groups in total. The molecule has 1 atom stereocenters. The highest BCUT2D eigenvalue weighted by Gasteiger charge is 2.37. The van der Waals surface area contributed by atoms with E-state index in [2.05, 4.69) is 0 Å². The fraction of sp³-hybridized carbons (Fsp3) is 0.846. The van der Waals surface area contributed by atoms with E-state index in [1.807, 2.05) is 6.92 Å². The number of rotatable bonds is 4. The summed E-state index contributed by atoms with van der Waals surface area (Å²) in [5.74, 6) is 0. The van der Waals surface area contributed by atoms with Crippen LogP contribution < -0.4 is 0 Å². The van der Waals surface area contributed by atoms with Gasteiger partial charge in [-0.1, -0.05) is 6.42 Å². The van der Waals surface area contributed by atoms with Crippen molar-refractivity contribution in [2.75, 3.05) is 6.61 Å². The minimum atomic E-state index is -0.608. The summed E-state index contributed by atoms with van der Waals surface area (Å²) in [6.45, 7) is 2.11. The van der Waals surface area contributed by atoms with E-state index in [4.69, 9.17) is 9.47 Å². The molecule has 0 aromatic rings. The van der Waals surface area contributed by atoms with E-state index in [1.165, 1.54) is 6.42 Å². The van der Waals surface area contributed by atoms with Gasteiger partial charge in [0.25, 0.3) is 0 Å². The van der Waals surface area contributed by atoms with Crippen molar-refractivity contribution in [3.8, 4) is 0 Å². The average molecular weight is 255 g/mol. The van der Waals surface area contributed by atoms with Crippen LogP contribution in [0.2, 0.25) is 0 Å². The Morgan fingerprint density at radius 1 is 1.44 bits per heavy atom. The minimum absolute atomic E-state index is 0.147. The standard InChI is InChI=1S/C13H21NO4/c1-13(10-17-12(15)18-13)8-5-9-14(16)11-6-3-2-4-7-11/h9,11H,2-8,10H2,1H3/b14-9-. The monoisotopic (exact) mass is 255 g/mol. The molecule has 1 unspecified atom stereocenters. The first-order chi connectivity index (χ1) is 8.59. The summed E-state index contributed by atoms with van der Waals surface area (Å²) in [4.78, 5) is 10.9. The van der Waals surface area contributed by atoms with Crippen LogP contribution in [0.3, 0.4) is 0 Å². The van der Waals surface area contributed by atoms with Crippen LogP contribution in [0.4, 0.5) is 4.79 Å². The number of carbonyl (C=O) groups is 1. The summed E-state index contributed by atoms with van der Waals surface area (Å²) >= 11 is 0. The largest absolute Gasteiger partial charge is 0.624 e. The maximum atomic E-state index is 11.9. The van der Waals surface area contributed by atoms with Gasteiger partial charge in [0, 0.05) is 19.3 Å². The van der Waals surface area contributed by atoms with Crippen LogP contribution in [0, 0.1) is 5.21 Å². The highest BCUT2D eigenvalue weighted by atomic mass is 16.8. The zero-order chi connectivity index (χ0) is 13.0. The first-order valence-electron chi connectivity index (χ1n) is 6.74. The Morgan fingerprint density at radius 2 is 2.17 bits per heavy atom. The van der Waals surface area contributed by atoms with Gasteiger partial charge >= 0.3 is 6.16 Å². The summed E-state index contributed by atoms with van der Waals surface area (Å²) in [6.07, 6.45) is 7.87. The van der Waals surface area contributed by atoms with Crippen LogP contribution in [-0.2, 0) is 9.47 Å². The van der Waals surface area contributed by atoms with Gasteiger partial charge in [0.2, 0.25) is 0 Å². The Balaban J connectivity index is 1.77. The average Bonchev–Trinajstić information content (AvgIpc) is 2.70. The molecule has 2 fully saturated rings. The second-order valence-electron chi connectivity index (χ2n) is 5.46. The second-order valence-corrected chi connectivity index (χ2v) is 5.46. The number of nitrogens with zero attached hydrogens (tertiary/aromatic N) is 1. The highest BCUT2D eigenvalue weighted by Crippen LogP contribution is 2.24. The molecule has 1 aliphatic carbocycles. The van der Waals surface area contributed by atoms with Crippen LogP contribution in [0.5, 0.6) is 0 Å². The van der Waals surface area contributed by atoms with Gasteiger partial charge in [-0.05, 0) is 26.2 Å². The molecule has 1 heterocycles. The lowest BCUT2D eigenvalue weighted by molar-refractivity contribution is -0.502. The first-order valence-corrected chi connectivity index (χ1v) is 6.74. The first kappa shape index (κ1) is 13.2. The smallest absolute Gasteiger partial charge is 0.509 e. The lowest BCUT2D eigenvalue weighted by Crippen LogP contribution is -2.29. The number of hydrogen-bond acceptors (Lipinski definition) is 4. The van der Waals surface area contributed by atoms with Crippen molar-refractivity contribution in [1.29, 1.82) is 0 Å². The zero-order valence-corrected chi connectivity index (χ0v) is 10.9. The molecule has 1 aliphatic heterocycles. The van der Waals surface area contributed by atoms with Gasteiger partial charge in [0.15, 0.2) is 12.3 Å². The van der Waals surface area contributed by atoms with Gasteiger partial charge in [0.1, 0.15) is 12.2 Å². The van der Waals surface area contributed by atoms with Crippen molar-refractivity contribution in [1.82, 2.24) is 0 Å². The van der Waals surface area contributed by atoms with Gasteiger partial charge in [-0.15, -0.1) is 0 Å². The summed E-state index contributed by atoms with van der Waals surface area (Å²) in [5.41, 5.74) is -0.568. The maximum absolute atomic E-state index is 11.9. The summed E-state index contributed by atoms with van der Waals surface area (Å²) in [5, 5.41) is 11.9. The number of cyclic esters (lactones) is 2. The third-order valence-corrected chi connectivity index (χ3v) is 3.74. The van der Waals surface area contributed by atoms with E-state index in [1.54, 1.807) is 6.21 Å². The van der Waals surface area contributed by atoms with E-state index in [9.17, 15) is 10.0 Å². The van der Waals surface area contributed by atoms with Crippen molar-refractivity contribution < 1.29 is 19.0 Å². The molecule has 0 aromatic carbocycles. The van der Waals surface area contributed by atoms with Crippen LogP contribution in [0.25, 0.3) is 0 Å². The molecular formula is C13H21NO4. The highest BCUT2D eigenvalue weighted by molar-refractivity contribution is 5.62. The Labute approximate surface area is 107 Å². The number of carbonyl (C=O) groups excluding carboxylic acids is 1. The van der Waals surface area contributed by atoms with Crippen LogP contribution in [-0.4, -0.2) is 35.4 Å². The molecule has 0 aromatic heterocycles. The zero-order valence-electron chi connectivity index (χ0n) is 10.9. The van der Waals surface area contributed by atoms with Crippen molar-refractivity contribution >= 4 is 12.4 Å². The number of ether oxygens (including phenoxy) is 2. The SMILES string of the molecule is CC1(CC/C=[N+](\[O-])C2CCCCC2)COC(=O)O1. The number of hydrogen-bond donors (Lipinski definition) is 0. The topological polar surface area (TPSA) is 61.6 Å². The minimum Gasteiger partial charge on any atom is -0.624 e. The molecule has 2 aliphatic rings. The van der Waals surface area contributed by atoms with Crippen LogP contribution in [0.15, 0.2) is 0 Å². The molecule has 1 saturated carbocycles. The lowest BCUT2D eigenvalue weighted by atomic mass is 9.96. The normalized spacial score (nSPS) is 30.1. The van der Waals surface area contributed by atoms with Crippen molar-refractivity contribution in [2.45, 2.75) is 63.5 Å². The van der Waals surface area contributed by atoms with Gasteiger partial charge < -0.3 is 14.7 Å². The fourth-order valence-corrected chi connectivity index (χ4v) is 2.58. The summed E-state index contributed by atoms with van der Waals surface area (Å²) in [6, 6.07) is 0.147. The van der Waals surface area contributed by atoms with Gasteiger partial charge in [-0.2, -0.15) is 0 Å². The molecule has 0 bridgehead atoms. The van der Waals surface area contributed by atoms with Gasteiger partial charge in [-0.25, -0.2) is 9.53 Å². The van der Waals surface area contributed by atoms with Gasteiger partial charge in [0.05, 0.1) is 0 Å². The second kappa shape index (κ2) is 5.59. The van der Waals surface area contributed by atoms with Crippen LogP contribution >= 0.6 is 0 Å². The summed E-state index contributed by atoms with van der Waals surface area (Å²) in [7, 11) is 0. The third-order valence-electron chi connectivity index (χ3n) is 3.74. The van der Waals surface area contributed by atoms with Crippen LogP contribution in [0.1, 0.15) is 51.9 Å². The Bertz CT molecular complexity index is 336. The van der Waals surface area contributed by atoms with E-state index in [0.29, 0.717) is 12.8 Å². The van der Waals surface area contributed by atoms with E-state index >= 15 is 0 Å². The molecule has 1 saturated heterocycles. The fourth-order valence-electron chi connectivity index (χ4n) is 2.58. The van der Waals surface area contributed by atoms with Gasteiger partial charge in [-0.3, -0.25) is 0 Å². The summed E-state index contributed by atoms with van der Waals surface area (Å²) < 4.78 is 10.9. The molecule has 0 spiro atoms. The molecule has 2 rings (SSSR count). The lowest BCUT2D eigenvalue weighted by Gasteiger charge is -2.21. The maximum Gasteiger partial charge on any atom is 0.509 e.